The molecule has 0 bridgehead atoms. The summed E-state index contributed by atoms with van der Waals surface area (Å²) >= 11 is 7.26. The SMILES string of the molecule is CCOC(=O)C1=C(c2ccccc2)N=c2s/c(=C3\C(=O)N(Cc4ccc(Cl)cc4)c4ccccc43)c(=O)n2[C@@H]1c1ccc(OCC)cc1. The molecule has 4 aromatic carbocycles. The summed E-state index contributed by atoms with van der Waals surface area (Å²) in [6.07, 6.45) is 0. The molecule has 240 valence electrons. The molecule has 0 spiro atoms. The summed E-state index contributed by atoms with van der Waals surface area (Å²) in [7, 11) is 0. The predicted octanol–water partition coefficient (Wildman–Crippen LogP) is 5.90. The van der Waals surface area contributed by atoms with Crippen LogP contribution in [-0.2, 0) is 20.9 Å². The van der Waals surface area contributed by atoms with Crippen molar-refractivity contribution in [1.29, 1.82) is 0 Å². The van der Waals surface area contributed by atoms with E-state index in [0.717, 1.165) is 16.9 Å². The first-order valence-corrected chi connectivity index (χ1v) is 16.8. The Bertz CT molecular complexity index is 2260. The van der Waals surface area contributed by atoms with Crippen molar-refractivity contribution < 1.29 is 19.1 Å². The van der Waals surface area contributed by atoms with Gasteiger partial charge in [-0.1, -0.05) is 95.7 Å². The number of para-hydroxylation sites is 1. The van der Waals surface area contributed by atoms with Gasteiger partial charge in [0.1, 0.15) is 10.3 Å². The molecule has 1 atom stereocenters. The normalized spacial score (nSPS) is 16.4. The highest BCUT2D eigenvalue weighted by atomic mass is 35.5. The molecule has 8 nitrogen and oxygen atoms in total. The van der Waals surface area contributed by atoms with Crippen molar-refractivity contribution in [2.75, 3.05) is 18.1 Å². The number of rotatable bonds is 8. The standard InChI is InChI=1S/C38H30ClN3O5S/c1-3-46-27-20-16-25(17-21-27)33-31(37(45)47-4-2)32(24-10-6-5-7-11-24)40-38-42(33)36(44)34(48-38)30-28-12-8-9-13-29(28)41(35(30)43)22-23-14-18-26(39)19-15-23/h5-21,33H,3-4,22H2,1-2H3/b34-30-/t33-/m1/s1. The van der Waals surface area contributed by atoms with E-state index < -0.39 is 17.6 Å². The van der Waals surface area contributed by atoms with E-state index >= 15 is 0 Å². The van der Waals surface area contributed by atoms with Gasteiger partial charge in [-0.25, -0.2) is 9.79 Å². The zero-order valence-corrected chi connectivity index (χ0v) is 27.8. The number of hydrogen-bond acceptors (Lipinski definition) is 7. The summed E-state index contributed by atoms with van der Waals surface area (Å²) in [6, 6.07) is 30.6. The lowest BCUT2D eigenvalue weighted by atomic mass is 9.93. The number of aromatic nitrogens is 1. The maximum atomic E-state index is 14.7. The Morgan fingerprint density at radius 3 is 2.29 bits per heavy atom. The van der Waals surface area contributed by atoms with Crippen LogP contribution in [0, 0.1) is 0 Å². The van der Waals surface area contributed by atoms with E-state index in [0.29, 0.717) is 62.4 Å². The fourth-order valence-corrected chi connectivity index (χ4v) is 7.37. The number of fused-ring (bicyclic) bond motifs is 2. The molecule has 2 aliphatic rings. The second kappa shape index (κ2) is 13.1. The van der Waals surface area contributed by atoms with Crippen molar-refractivity contribution >= 4 is 51.8 Å². The Morgan fingerprint density at radius 1 is 0.875 bits per heavy atom. The minimum Gasteiger partial charge on any atom is -0.494 e. The lowest BCUT2D eigenvalue weighted by molar-refractivity contribution is -0.138. The van der Waals surface area contributed by atoms with Crippen molar-refractivity contribution in [2.24, 2.45) is 4.99 Å². The van der Waals surface area contributed by atoms with Gasteiger partial charge in [-0.3, -0.25) is 14.2 Å². The third kappa shape index (κ3) is 5.55. The number of hydrogen-bond donors (Lipinski definition) is 0. The van der Waals surface area contributed by atoms with E-state index in [4.69, 9.17) is 26.1 Å². The molecule has 1 amide bonds. The van der Waals surface area contributed by atoms with Crippen LogP contribution in [0.3, 0.4) is 0 Å². The van der Waals surface area contributed by atoms with Crippen molar-refractivity contribution in [1.82, 2.24) is 4.57 Å². The molecule has 3 heterocycles. The van der Waals surface area contributed by atoms with Crippen LogP contribution in [0.4, 0.5) is 5.69 Å². The van der Waals surface area contributed by atoms with Gasteiger partial charge in [0.05, 0.1) is 48.3 Å². The zero-order valence-electron chi connectivity index (χ0n) is 26.2. The second-order valence-corrected chi connectivity index (χ2v) is 12.6. The van der Waals surface area contributed by atoms with Gasteiger partial charge in [-0.15, -0.1) is 0 Å². The third-order valence-corrected chi connectivity index (χ3v) is 9.57. The van der Waals surface area contributed by atoms with E-state index in [2.05, 4.69) is 0 Å². The number of thiazole rings is 1. The lowest BCUT2D eigenvalue weighted by Gasteiger charge is -2.26. The van der Waals surface area contributed by atoms with Crippen LogP contribution in [0.2, 0.25) is 5.02 Å². The highest BCUT2D eigenvalue weighted by Crippen LogP contribution is 2.38. The lowest BCUT2D eigenvalue weighted by Crippen LogP contribution is -2.41. The van der Waals surface area contributed by atoms with Crippen LogP contribution in [0.25, 0.3) is 11.3 Å². The summed E-state index contributed by atoms with van der Waals surface area (Å²) < 4.78 is 13.0. The molecule has 0 aliphatic carbocycles. The van der Waals surface area contributed by atoms with Gasteiger partial charge in [0, 0.05) is 16.1 Å². The average Bonchev–Trinajstić information content (AvgIpc) is 3.57. The number of carbonyl (C=O) groups is 2. The third-order valence-electron chi connectivity index (χ3n) is 8.26. The summed E-state index contributed by atoms with van der Waals surface area (Å²) in [5, 5.41) is 0.604. The minimum absolute atomic E-state index is 0.143. The first-order chi connectivity index (χ1) is 23.4. The fourth-order valence-electron chi connectivity index (χ4n) is 6.15. The van der Waals surface area contributed by atoms with Gasteiger partial charge >= 0.3 is 5.97 Å². The smallest absolute Gasteiger partial charge is 0.338 e. The second-order valence-electron chi connectivity index (χ2n) is 11.2. The molecule has 10 heteroatoms. The van der Waals surface area contributed by atoms with E-state index in [1.807, 2.05) is 97.9 Å². The Balaban J connectivity index is 1.48. The largest absolute Gasteiger partial charge is 0.494 e. The molecule has 0 saturated carbocycles. The van der Waals surface area contributed by atoms with Gasteiger partial charge in [0.2, 0.25) is 0 Å². The molecule has 0 unspecified atom stereocenters. The Labute approximate surface area is 285 Å². The molecule has 0 saturated heterocycles. The van der Waals surface area contributed by atoms with Gasteiger partial charge in [-0.05, 0) is 55.3 Å². The van der Waals surface area contributed by atoms with Crippen LogP contribution in [0.5, 0.6) is 5.75 Å². The van der Waals surface area contributed by atoms with Gasteiger partial charge < -0.3 is 14.4 Å². The highest BCUT2D eigenvalue weighted by molar-refractivity contribution is 7.07. The molecule has 2 aliphatic heterocycles. The van der Waals surface area contributed by atoms with E-state index in [9.17, 15) is 14.4 Å². The molecule has 7 rings (SSSR count). The van der Waals surface area contributed by atoms with Gasteiger partial charge in [0.15, 0.2) is 4.80 Å². The van der Waals surface area contributed by atoms with Crippen LogP contribution in [-0.4, -0.2) is 29.7 Å². The number of amides is 1. The quantitative estimate of drug-likeness (QED) is 0.191. The first kappa shape index (κ1) is 31.4. The Hall–Kier alpha value is -5.25. The van der Waals surface area contributed by atoms with Crippen LogP contribution >= 0.6 is 22.9 Å². The van der Waals surface area contributed by atoms with Crippen molar-refractivity contribution in [3.63, 3.8) is 0 Å². The fraction of sp³-hybridized carbons (Fsp3) is 0.158. The number of halogens is 1. The van der Waals surface area contributed by atoms with Crippen LogP contribution in [0.1, 0.15) is 42.1 Å². The molecule has 5 aromatic rings. The van der Waals surface area contributed by atoms with Crippen LogP contribution < -0.4 is 24.5 Å². The van der Waals surface area contributed by atoms with E-state index in [1.165, 1.54) is 4.57 Å². The Morgan fingerprint density at radius 2 is 1.58 bits per heavy atom. The molecular formula is C38H30ClN3O5S. The summed E-state index contributed by atoms with van der Waals surface area (Å²) in [5.74, 6) is -0.204. The maximum Gasteiger partial charge on any atom is 0.338 e. The topological polar surface area (TPSA) is 90.2 Å². The molecule has 0 radical (unpaired) electrons. The van der Waals surface area contributed by atoms with E-state index in [1.54, 1.807) is 24.0 Å². The predicted molar refractivity (Wildman–Crippen MR) is 187 cm³/mol. The number of esters is 1. The van der Waals surface area contributed by atoms with Crippen molar-refractivity contribution in [3.05, 3.63) is 156 Å². The summed E-state index contributed by atoms with van der Waals surface area (Å²) in [5.41, 5.74) is 4.17. The van der Waals surface area contributed by atoms with Gasteiger partial charge in [0.25, 0.3) is 11.5 Å². The number of ether oxygens (including phenoxy) is 2. The molecule has 1 aromatic heterocycles. The van der Waals surface area contributed by atoms with Crippen molar-refractivity contribution in [3.8, 4) is 5.75 Å². The van der Waals surface area contributed by atoms with Crippen molar-refractivity contribution in [2.45, 2.75) is 26.4 Å². The first-order valence-electron chi connectivity index (χ1n) is 15.6. The Kier molecular flexibility index (Phi) is 8.56. The maximum absolute atomic E-state index is 14.7. The monoisotopic (exact) mass is 675 g/mol. The van der Waals surface area contributed by atoms with Crippen LogP contribution in [0.15, 0.2) is 118 Å². The number of benzene rings is 4. The minimum atomic E-state index is -0.877. The summed E-state index contributed by atoms with van der Waals surface area (Å²) in [4.78, 5) is 49.8. The molecular weight excluding hydrogens is 646 g/mol. The number of nitrogens with zero attached hydrogens (tertiary/aromatic N) is 3. The molecule has 0 N–H and O–H groups in total. The average molecular weight is 676 g/mol. The number of carbonyl (C=O) groups excluding carboxylic acids is 2. The molecule has 0 fully saturated rings. The summed E-state index contributed by atoms with van der Waals surface area (Å²) in [6.45, 7) is 4.58. The zero-order chi connectivity index (χ0) is 33.4. The number of anilines is 1. The van der Waals surface area contributed by atoms with E-state index in [-0.39, 0.29) is 22.6 Å². The molecule has 48 heavy (non-hydrogen) atoms. The van der Waals surface area contributed by atoms with Gasteiger partial charge in [-0.2, -0.15) is 0 Å². The highest BCUT2D eigenvalue weighted by Gasteiger charge is 2.38.